The number of hydrogen-bond acceptors (Lipinski definition) is 5. The fourth-order valence-corrected chi connectivity index (χ4v) is 4.10. The zero-order chi connectivity index (χ0) is 23.4. The standard InChI is InChI=1S/C28H27N3O2/c1-28(2)24-9-5-6-10-25(24)31(3)26(28)11-7-8-20-12-16-22(17-13-20)29-30-23-18-14-21(15-19-23)27(32)33-4/h5-19H,1-4H3/b8-7+,26-11+,30-29?. The van der Waals surface area contributed by atoms with Crippen molar-refractivity contribution in [1.29, 1.82) is 0 Å². The van der Waals surface area contributed by atoms with Crippen molar-refractivity contribution in [1.82, 2.24) is 0 Å². The lowest BCUT2D eigenvalue weighted by Gasteiger charge is -2.23. The third-order valence-corrected chi connectivity index (χ3v) is 5.95. The van der Waals surface area contributed by atoms with Crippen molar-refractivity contribution >= 4 is 29.1 Å². The monoisotopic (exact) mass is 437 g/mol. The van der Waals surface area contributed by atoms with Crippen molar-refractivity contribution in [3.05, 3.63) is 107 Å². The molecule has 3 aromatic carbocycles. The summed E-state index contributed by atoms with van der Waals surface area (Å²) in [5, 5.41) is 8.50. The first-order valence-electron chi connectivity index (χ1n) is 10.8. The molecule has 0 atom stereocenters. The minimum Gasteiger partial charge on any atom is -0.465 e. The number of fused-ring (bicyclic) bond motifs is 1. The number of azo groups is 1. The highest BCUT2D eigenvalue weighted by molar-refractivity contribution is 5.89. The summed E-state index contributed by atoms with van der Waals surface area (Å²) in [5.41, 5.74) is 6.84. The number of anilines is 1. The van der Waals surface area contributed by atoms with Gasteiger partial charge in [-0.3, -0.25) is 0 Å². The third-order valence-electron chi connectivity index (χ3n) is 5.95. The van der Waals surface area contributed by atoms with Gasteiger partial charge in [-0.15, -0.1) is 0 Å². The second-order valence-corrected chi connectivity index (χ2v) is 8.44. The highest BCUT2D eigenvalue weighted by atomic mass is 16.5. The molecule has 0 radical (unpaired) electrons. The first kappa shape index (κ1) is 22.2. The Morgan fingerprint density at radius 2 is 1.52 bits per heavy atom. The van der Waals surface area contributed by atoms with E-state index in [4.69, 9.17) is 4.74 Å². The molecule has 0 saturated heterocycles. The highest BCUT2D eigenvalue weighted by Gasteiger charge is 2.37. The molecule has 0 aromatic heterocycles. The van der Waals surface area contributed by atoms with Gasteiger partial charge >= 0.3 is 5.97 Å². The molecular weight excluding hydrogens is 410 g/mol. The molecule has 4 rings (SSSR count). The fraction of sp³-hybridized carbons (Fsp3) is 0.179. The van der Waals surface area contributed by atoms with E-state index in [2.05, 4.69) is 78.5 Å². The van der Waals surface area contributed by atoms with Gasteiger partial charge in [-0.1, -0.05) is 56.3 Å². The number of rotatable bonds is 5. The molecule has 0 fully saturated rings. The summed E-state index contributed by atoms with van der Waals surface area (Å²) < 4.78 is 4.70. The summed E-state index contributed by atoms with van der Waals surface area (Å²) in [6.45, 7) is 4.52. The van der Waals surface area contributed by atoms with Gasteiger partial charge in [-0.05, 0) is 59.7 Å². The van der Waals surface area contributed by atoms with Gasteiger partial charge in [0.2, 0.25) is 0 Å². The van der Waals surface area contributed by atoms with E-state index in [1.165, 1.54) is 24.1 Å². The third kappa shape index (κ3) is 4.62. The summed E-state index contributed by atoms with van der Waals surface area (Å²) in [6, 6.07) is 23.3. The molecular formula is C28H27N3O2. The minimum atomic E-state index is -0.370. The number of esters is 1. The Labute approximate surface area is 194 Å². The van der Waals surface area contributed by atoms with E-state index in [0.29, 0.717) is 11.3 Å². The number of methoxy groups -OCH3 is 1. The number of carbonyl (C=O) groups is 1. The van der Waals surface area contributed by atoms with Gasteiger partial charge in [-0.25, -0.2) is 4.79 Å². The van der Waals surface area contributed by atoms with Crippen LogP contribution >= 0.6 is 0 Å². The first-order chi connectivity index (χ1) is 15.9. The van der Waals surface area contributed by atoms with Crippen LogP contribution in [-0.4, -0.2) is 20.1 Å². The Kier molecular flexibility index (Phi) is 6.22. The number of hydrogen-bond donors (Lipinski definition) is 0. The highest BCUT2D eigenvalue weighted by Crippen LogP contribution is 2.46. The van der Waals surface area contributed by atoms with Crippen LogP contribution in [0.5, 0.6) is 0 Å². The van der Waals surface area contributed by atoms with Crippen LogP contribution in [0.3, 0.4) is 0 Å². The maximum absolute atomic E-state index is 11.5. The lowest BCUT2D eigenvalue weighted by molar-refractivity contribution is 0.0601. The average Bonchev–Trinajstić information content (AvgIpc) is 3.04. The Morgan fingerprint density at radius 3 is 2.12 bits per heavy atom. The smallest absolute Gasteiger partial charge is 0.337 e. The second-order valence-electron chi connectivity index (χ2n) is 8.44. The van der Waals surface area contributed by atoms with E-state index >= 15 is 0 Å². The summed E-state index contributed by atoms with van der Waals surface area (Å²) in [6.07, 6.45) is 6.37. The maximum Gasteiger partial charge on any atom is 0.337 e. The second kappa shape index (κ2) is 9.25. The molecule has 0 N–H and O–H groups in total. The van der Waals surface area contributed by atoms with Crippen LogP contribution < -0.4 is 4.90 Å². The van der Waals surface area contributed by atoms with Crippen LogP contribution in [0.25, 0.3) is 6.08 Å². The molecule has 0 saturated carbocycles. The number of likely N-dealkylation sites (N-methyl/N-ethyl adjacent to an activating group) is 1. The fourth-order valence-electron chi connectivity index (χ4n) is 4.10. The van der Waals surface area contributed by atoms with Gasteiger partial charge in [0.15, 0.2) is 0 Å². The normalized spacial score (nSPS) is 16.0. The van der Waals surface area contributed by atoms with Crippen LogP contribution in [0.1, 0.15) is 35.3 Å². The molecule has 1 aliphatic heterocycles. The molecule has 0 bridgehead atoms. The van der Waals surface area contributed by atoms with E-state index in [-0.39, 0.29) is 11.4 Å². The van der Waals surface area contributed by atoms with Crippen molar-refractivity contribution in [3.63, 3.8) is 0 Å². The van der Waals surface area contributed by atoms with E-state index in [1.54, 1.807) is 24.3 Å². The van der Waals surface area contributed by atoms with Gasteiger partial charge in [0, 0.05) is 23.8 Å². The average molecular weight is 438 g/mol. The van der Waals surface area contributed by atoms with E-state index in [9.17, 15) is 4.79 Å². The lowest BCUT2D eigenvalue weighted by atomic mass is 9.84. The number of carbonyl (C=O) groups excluding carboxylic acids is 1. The Bertz CT molecular complexity index is 1240. The predicted molar refractivity (Wildman–Crippen MR) is 133 cm³/mol. The van der Waals surface area contributed by atoms with Crippen LogP contribution in [0.2, 0.25) is 0 Å². The Hall–Kier alpha value is -3.99. The minimum absolute atomic E-state index is 0.0328. The lowest BCUT2D eigenvalue weighted by Crippen LogP contribution is -2.22. The molecule has 3 aromatic rings. The molecule has 5 nitrogen and oxygen atoms in total. The molecule has 1 aliphatic rings. The molecule has 0 amide bonds. The van der Waals surface area contributed by atoms with Crippen molar-refractivity contribution in [3.8, 4) is 0 Å². The molecule has 0 unspecified atom stereocenters. The van der Waals surface area contributed by atoms with Crippen molar-refractivity contribution in [2.24, 2.45) is 10.2 Å². The molecule has 166 valence electrons. The van der Waals surface area contributed by atoms with Gasteiger partial charge in [0.05, 0.1) is 24.0 Å². The molecule has 0 aliphatic carbocycles. The predicted octanol–water partition coefficient (Wildman–Crippen LogP) is 7.21. The Morgan fingerprint density at radius 1 is 0.909 bits per heavy atom. The molecule has 0 spiro atoms. The van der Waals surface area contributed by atoms with Gasteiger partial charge in [0.1, 0.15) is 0 Å². The molecule has 1 heterocycles. The first-order valence-corrected chi connectivity index (χ1v) is 10.8. The number of ether oxygens (including phenoxy) is 1. The van der Waals surface area contributed by atoms with Crippen molar-refractivity contribution in [2.75, 3.05) is 19.1 Å². The SMILES string of the molecule is COC(=O)c1ccc(N=Nc2ccc(/C=C/C=C3/N(C)c4ccccc4C3(C)C)cc2)cc1. The topological polar surface area (TPSA) is 54.3 Å². The van der Waals surface area contributed by atoms with E-state index in [1.807, 2.05) is 24.3 Å². The summed E-state index contributed by atoms with van der Waals surface area (Å²) >= 11 is 0. The number of nitrogens with zero attached hydrogens (tertiary/aromatic N) is 3. The van der Waals surface area contributed by atoms with E-state index in [0.717, 1.165) is 11.3 Å². The number of allylic oxidation sites excluding steroid dienone is 3. The summed E-state index contributed by atoms with van der Waals surface area (Å²) in [7, 11) is 3.48. The zero-order valence-electron chi connectivity index (χ0n) is 19.3. The molecule has 5 heteroatoms. The Balaban J connectivity index is 1.43. The number of para-hydroxylation sites is 1. The molecule has 33 heavy (non-hydrogen) atoms. The maximum atomic E-state index is 11.5. The van der Waals surface area contributed by atoms with Crippen molar-refractivity contribution in [2.45, 2.75) is 19.3 Å². The van der Waals surface area contributed by atoms with E-state index < -0.39 is 0 Å². The van der Waals surface area contributed by atoms with Gasteiger partial charge in [0.25, 0.3) is 0 Å². The van der Waals surface area contributed by atoms with Crippen LogP contribution in [0.4, 0.5) is 17.1 Å². The quantitative estimate of drug-likeness (QED) is 0.313. The van der Waals surface area contributed by atoms with Crippen LogP contribution in [-0.2, 0) is 10.2 Å². The summed E-state index contributed by atoms with van der Waals surface area (Å²) in [4.78, 5) is 13.8. The largest absolute Gasteiger partial charge is 0.465 e. The van der Waals surface area contributed by atoms with Gasteiger partial charge in [-0.2, -0.15) is 10.2 Å². The number of benzene rings is 3. The van der Waals surface area contributed by atoms with Gasteiger partial charge < -0.3 is 9.64 Å². The van der Waals surface area contributed by atoms with Crippen LogP contribution in [0, 0.1) is 0 Å². The van der Waals surface area contributed by atoms with Crippen LogP contribution in [0.15, 0.2) is 101 Å². The summed E-state index contributed by atoms with van der Waals surface area (Å²) in [5.74, 6) is -0.370. The van der Waals surface area contributed by atoms with Crippen molar-refractivity contribution < 1.29 is 9.53 Å². The zero-order valence-corrected chi connectivity index (χ0v) is 19.3.